The summed E-state index contributed by atoms with van der Waals surface area (Å²) in [4.78, 5) is 13.0. The van der Waals surface area contributed by atoms with Crippen LogP contribution < -0.4 is 5.56 Å². The van der Waals surface area contributed by atoms with Crippen molar-refractivity contribution in [2.45, 2.75) is 39.8 Å². The monoisotopic (exact) mass is 458 g/mol. The number of azo groups is 2. The fourth-order valence-electron chi connectivity index (χ4n) is 3.11. The Morgan fingerprint density at radius 1 is 0.971 bits per heavy atom. The Balaban J connectivity index is 1.81. The van der Waals surface area contributed by atoms with Gasteiger partial charge in [0.15, 0.2) is 5.69 Å². The van der Waals surface area contributed by atoms with Crippen LogP contribution in [0.4, 0.5) is 22.7 Å². The van der Waals surface area contributed by atoms with Crippen LogP contribution in [0.5, 0.6) is 5.88 Å². The van der Waals surface area contributed by atoms with Crippen LogP contribution in [0.3, 0.4) is 0 Å². The summed E-state index contributed by atoms with van der Waals surface area (Å²) < 4.78 is 6.63. The quantitative estimate of drug-likeness (QED) is 0.295. The number of rotatable bonds is 9. The van der Waals surface area contributed by atoms with E-state index < -0.39 is 5.56 Å². The van der Waals surface area contributed by atoms with Gasteiger partial charge in [0.25, 0.3) is 5.56 Å². The second kappa shape index (κ2) is 11.6. The van der Waals surface area contributed by atoms with Crippen LogP contribution in [-0.2, 0) is 11.3 Å². The lowest BCUT2D eigenvalue weighted by Crippen LogP contribution is -2.23. The third kappa shape index (κ3) is 6.21. The van der Waals surface area contributed by atoms with Crippen LogP contribution >= 0.6 is 0 Å². The Bertz CT molecular complexity index is 1270. The fourth-order valence-corrected chi connectivity index (χ4v) is 3.11. The molecule has 0 radical (unpaired) electrons. The molecule has 0 aliphatic rings. The highest BCUT2D eigenvalue weighted by Crippen LogP contribution is 2.28. The highest BCUT2D eigenvalue weighted by atomic mass is 16.5. The van der Waals surface area contributed by atoms with Crippen LogP contribution in [0.1, 0.15) is 31.4 Å². The summed E-state index contributed by atoms with van der Waals surface area (Å²) >= 11 is 0. The number of pyridine rings is 1. The van der Waals surface area contributed by atoms with Crippen molar-refractivity contribution in [3.63, 3.8) is 0 Å². The molecule has 0 saturated heterocycles. The Morgan fingerprint density at radius 2 is 1.53 bits per heavy atom. The number of nitrogens with zero attached hydrogens (tertiary/aromatic N) is 6. The molecule has 9 nitrogen and oxygen atoms in total. The van der Waals surface area contributed by atoms with E-state index >= 15 is 0 Å². The summed E-state index contributed by atoms with van der Waals surface area (Å²) in [6, 6.07) is 18.2. The lowest BCUT2D eigenvalue weighted by molar-refractivity contribution is 0.0744. The van der Waals surface area contributed by atoms with Crippen LogP contribution in [0.15, 0.2) is 79.8 Å². The molecule has 0 atom stereocenters. The molecule has 3 aromatic rings. The van der Waals surface area contributed by atoms with Gasteiger partial charge in [0.2, 0.25) is 5.88 Å². The molecule has 1 aromatic heterocycles. The van der Waals surface area contributed by atoms with Crippen molar-refractivity contribution in [1.82, 2.24) is 4.57 Å². The minimum Gasteiger partial charge on any atom is -0.493 e. The molecule has 0 fully saturated rings. The van der Waals surface area contributed by atoms with Crippen LogP contribution in [0.25, 0.3) is 0 Å². The van der Waals surface area contributed by atoms with E-state index in [2.05, 4.69) is 20.5 Å². The zero-order valence-electron chi connectivity index (χ0n) is 19.3. The number of benzene rings is 2. The van der Waals surface area contributed by atoms with Crippen molar-refractivity contribution in [3.05, 3.63) is 76.1 Å². The Morgan fingerprint density at radius 3 is 2.09 bits per heavy atom. The van der Waals surface area contributed by atoms with Gasteiger partial charge in [-0.3, -0.25) is 9.36 Å². The van der Waals surface area contributed by atoms with Crippen LogP contribution in [0.2, 0.25) is 0 Å². The maximum absolute atomic E-state index is 13.0. The van der Waals surface area contributed by atoms with E-state index in [4.69, 9.17) is 4.74 Å². The van der Waals surface area contributed by atoms with Gasteiger partial charge in [0, 0.05) is 18.7 Å². The topological polar surface area (TPSA) is 125 Å². The Hall–Kier alpha value is -4.16. The van der Waals surface area contributed by atoms with Crippen LogP contribution in [-0.4, -0.2) is 22.4 Å². The van der Waals surface area contributed by atoms with E-state index in [1.54, 1.807) is 31.2 Å². The second-order valence-corrected chi connectivity index (χ2v) is 7.77. The molecule has 9 heteroatoms. The summed E-state index contributed by atoms with van der Waals surface area (Å²) in [5, 5.41) is 36.5. The summed E-state index contributed by atoms with van der Waals surface area (Å²) in [6.07, 6.45) is 0.559. The molecule has 0 saturated carbocycles. The molecular formula is C25H26N6O3. The molecule has 1 heterocycles. The van der Waals surface area contributed by atoms with Crippen molar-refractivity contribution in [3.8, 4) is 11.9 Å². The van der Waals surface area contributed by atoms with E-state index in [0.717, 1.165) is 10.3 Å². The lowest BCUT2D eigenvalue weighted by atomic mass is 10.1. The smallest absolute Gasteiger partial charge is 0.281 e. The normalized spacial score (nSPS) is 11.5. The van der Waals surface area contributed by atoms with Gasteiger partial charge in [-0.15, -0.1) is 5.11 Å². The molecule has 2 aromatic carbocycles. The van der Waals surface area contributed by atoms with Gasteiger partial charge in [0.1, 0.15) is 11.6 Å². The third-order valence-electron chi connectivity index (χ3n) is 4.90. The zero-order valence-corrected chi connectivity index (χ0v) is 19.3. The minimum atomic E-state index is -0.518. The molecule has 0 bridgehead atoms. The van der Waals surface area contributed by atoms with Gasteiger partial charge in [0.05, 0.1) is 23.2 Å². The predicted molar refractivity (Wildman–Crippen MR) is 129 cm³/mol. The first-order valence-electron chi connectivity index (χ1n) is 10.9. The van der Waals surface area contributed by atoms with E-state index in [1.807, 2.05) is 50.2 Å². The van der Waals surface area contributed by atoms with Crippen molar-refractivity contribution >= 4 is 22.7 Å². The molecule has 0 amide bonds. The number of aromatic hydroxyl groups is 1. The molecule has 0 spiro atoms. The first-order chi connectivity index (χ1) is 16.4. The first kappa shape index (κ1) is 24.5. The largest absolute Gasteiger partial charge is 0.493 e. The van der Waals surface area contributed by atoms with Crippen molar-refractivity contribution in [2.75, 3.05) is 6.61 Å². The molecule has 3 rings (SSSR count). The molecule has 34 heavy (non-hydrogen) atoms. The summed E-state index contributed by atoms with van der Waals surface area (Å²) in [6.45, 7) is 6.01. The van der Waals surface area contributed by atoms with Crippen LogP contribution in [0, 0.1) is 18.3 Å². The van der Waals surface area contributed by atoms with E-state index in [1.165, 1.54) is 0 Å². The van der Waals surface area contributed by atoms with Gasteiger partial charge in [-0.1, -0.05) is 18.2 Å². The second-order valence-electron chi connectivity index (χ2n) is 7.77. The summed E-state index contributed by atoms with van der Waals surface area (Å²) in [7, 11) is 0. The number of nitriles is 1. The minimum absolute atomic E-state index is 0.00463. The first-order valence-corrected chi connectivity index (χ1v) is 10.9. The average Bonchev–Trinajstić information content (AvgIpc) is 2.83. The molecule has 1 N–H and O–H groups in total. The van der Waals surface area contributed by atoms with E-state index in [0.29, 0.717) is 24.4 Å². The summed E-state index contributed by atoms with van der Waals surface area (Å²) in [5.41, 5.74) is 1.64. The maximum Gasteiger partial charge on any atom is 0.281 e. The molecule has 0 unspecified atom stereocenters. The Kier molecular flexibility index (Phi) is 8.37. The van der Waals surface area contributed by atoms with E-state index in [-0.39, 0.29) is 35.3 Å². The standard InChI is InChI=1S/C25H26N6O3/c1-17(2)34-15-7-14-31-24(32)22(16-26)18(3)23(25(31)33)30-29-21-12-10-20(11-13-21)28-27-19-8-5-4-6-9-19/h4-6,8-13,17,32H,7,14-15H2,1-3H3. The molecular weight excluding hydrogens is 432 g/mol. The highest BCUT2D eigenvalue weighted by Gasteiger charge is 2.19. The molecule has 0 aliphatic carbocycles. The zero-order chi connectivity index (χ0) is 24.5. The highest BCUT2D eigenvalue weighted by molar-refractivity contribution is 5.57. The third-order valence-corrected chi connectivity index (χ3v) is 4.90. The lowest BCUT2D eigenvalue weighted by Gasteiger charge is -2.13. The van der Waals surface area contributed by atoms with Crippen molar-refractivity contribution < 1.29 is 9.84 Å². The fraction of sp³-hybridized carbons (Fsp3) is 0.280. The summed E-state index contributed by atoms with van der Waals surface area (Å²) in [5.74, 6) is -0.373. The number of ether oxygens (including phenoxy) is 1. The van der Waals surface area contributed by atoms with Crippen molar-refractivity contribution in [1.29, 1.82) is 5.26 Å². The van der Waals surface area contributed by atoms with E-state index in [9.17, 15) is 15.2 Å². The van der Waals surface area contributed by atoms with Gasteiger partial charge >= 0.3 is 0 Å². The maximum atomic E-state index is 13.0. The molecule has 0 aliphatic heterocycles. The SMILES string of the molecule is Cc1c(C#N)c(O)n(CCCOC(C)C)c(=O)c1N=Nc1ccc(N=Nc2ccccc2)cc1. The van der Waals surface area contributed by atoms with Crippen molar-refractivity contribution in [2.24, 2.45) is 20.5 Å². The van der Waals surface area contributed by atoms with Gasteiger partial charge in [-0.25, -0.2) is 0 Å². The van der Waals surface area contributed by atoms with Gasteiger partial charge in [-0.05, 0) is 63.6 Å². The average molecular weight is 459 g/mol. The predicted octanol–water partition coefficient (Wildman–Crippen LogP) is 6.38. The van der Waals surface area contributed by atoms with Gasteiger partial charge in [-0.2, -0.15) is 20.6 Å². The Labute approximate surface area is 197 Å². The number of hydrogen-bond acceptors (Lipinski definition) is 8. The molecule has 174 valence electrons. The number of hydrogen-bond donors (Lipinski definition) is 1. The van der Waals surface area contributed by atoms with Gasteiger partial charge < -0.3 is 9.84 Å². The number of aromatic nitrogens is 1.